The molecule has 0 amide bonds. The van der Waals surface area contributed by atoms with E-state index in [1.165, 1.54) is 6.20 Å². The average Bonchev–Trinajstić information content (AvgIpc) is 2.56. The molecule has 4 nitrogen and oxygen atoms in total. The van der Waals surface area contributed by atoms with Crippen molar-refractivity contribution >= 4 is 23.0 Å². The molecule has 0 saturated heterocycles. The van der Waals surface area contributed by atoms with E-state index >= 15 is 0 Å². The molecule has 0 fully saturated rings. The third-order valence-corrected chi connectivity index (χ3v) is 2.45. The van der Waals surface area contributed by atoms with Crippen LogP contribution in [-0.2, 0) is 0 Å². The first kappa shape index (κ1) is 8.00. The summed E-state index contributed by atoms with van der Waals surface area (Å²) in [6.45, 7) is 0. The molecule has 2 aromatic rings. The lowest BCUT2D eigenvalue weighted by atomic mass is 10.3. The molecule has 66 valence electrons. The summed E-state index contributed by atoms with van der Waals surface area (Å²) in [5.74, 6) is 0.722. The number of hydrogen-bond acceptors (Lipinski definition) is 5. The van der Waals surface area contributed by atoms with Crippen LogP contribution in [0.25, 0.3) is 10.6 Å². The van der Waals surface area contributed by atoms with Crippen LogP contribution in [0, 0.1) is 0 Å². The van der Waals surface area contributed by atoms with Gasteiger partial charge in [0.05, 0.1) is 11.1 Å². The van der Waals surface area contributed by atoms with Crippen LogP contribution in [0.5, 0.6) is 0 Å². The minimum Gasteiger partial charge on any atom is -0.382 e. The number of hydrogen-bond donors (Lipinski definition) is 2. The molecule has 0 spiro atoms. The van der Waals surface area contributed by atoms with Gasteiger partial charge in [-0.3, -0.25) is 0 Å². The maximum atomic E-state index is 5.67. The van der Waals surface area contributed by atoms with Crippen molar-refractivity contribution in [2.75, 3.05) is 11.5 Å². The zero-order chi connectivity index (χ0) is 9.26. The second kappa shape index (κ2) is 3.02. The Labute approximate surface area is 79.2 Å². The normalized spacial score (nSPS) is 10.2. The fourth-order valence-electron chi connectivity index (χ4n) is 1.02. The lowest BCUT2D eigenvalue weighted by Gasteiger charge is -2.00. The minimum absolute atomic E-state index is 0.345. The molecule has 0 saturated carbocycles. The van der Waals surface area contributed by atoms with Crippen molar-refractivity contribution in [3.8, 4) is 10.6 Å². The number of rotatable bonds is 1. The molecule has 5 heteroatoms. The highest BCUT2D eigenvalue weighted by atomic mass is 32.1. The molecule has 0 aliphatic carbocycles. The van der Waals surface area contributed by atoms with Gasteiger partial charge in [0, 0.05) is 0 Å². The van der Waals surface area contributed by atoms with Gasteiger partial charge in [0.25, 0.3) is 0 Å². The van der Waals surface area contributed by atoms with Crippen molar-refractivity contribution in [3.05, 3.63) is 23.7 Å². The van der Waals surface area contributed by atoms with Crippen LogP contribution in [0.1, 0.15) is 0 Å². The number of nitrogens with two attached hydrogens (primary N) is 2. The summed E-state index contributed by atoms with van der Waals surface area (Å²) in [7, 11) is 0. The number of anilines is 2. The van der Waals surface area contributed by atoms with Gasteiger partial charge < -0.3 is 11.5 Å². The van der Waals surface area contributed by atoms with E-state index in [1.807, 2.05) is 17.5 Å². The van der Waals surface area contributed by atoms with Crippen molar-refractivity contribution in [3.63, 3.8) is 0 Å². The van der Waals surface area contributed by atoms with Gasteiger partial charge in [-0.15, -0.1) is 11.3 Å². The fourth-order valence-corrected chi connectivity index (χ4v) is 1.75. The zero-order valence-corrected chi connectivity index (χ0v) is 7.58. The van der Waals surface area contributed by atoms with Crippen LogP contribution >= 0.6 is 11.3 Å². The molecule has 2 aromatic heterocycles. The van der Waals surface area contributed by atoms with Gasteiger partial charge in [0.1, 0.15) is 11.5 Å². The van der Waals surface area contributed by atoms with Gasteiger partial charge in [-0.2, -0.15) is 0 Å². The predicted octanol–water partition coefficient (Wildman–Crippen LogP) is 1.37. The summed E-state index contributed by atoms with van der Waals surface area (Å²) in [5.41, 5.74) is 11.8. The Balaban J connectivity index is 2.53. The van der Waals surface area contributed by atoms with Crippen LogP contribution in [0.2, 0.25) is 0 Å². The summed E-state index contributed by atoms with van der Waals surface area (Å²) in [5, 5.41) is 1.97. The standard InChI is InChI=1S/C8H8N4S/c9-6-4-11-7(8(10)12-6)5-2-1-3-13-5/h1-4H,(H4,9,10,12). The molecule has 0 aliphatic heterocycles. The molecule has 0 atom stereocenters. The van der Waals surface area contributed by atoms with Gasteiger partial charge in [0.2, 0.25) is 0 Å². The highest BCUT2D eigenvalue weighted by molar-refractivity contribution is 7.13. The van der Waals surface area contributed by atoms with Gasteiger partial charge in [-0.25, -0.2) is 9.97 Å². The topological polar surface area (TPSA) is 77.8 Å². The van der Waals surface area contributed by atoms with E-state index in [0.717, 1.165) is 4.88 Å². The molecule has 0 aromatic carbocycles. The van der Waals surface area contributed by atoms with E-state index in [9.17, 15) is 0 Å². The minimum atomic E-state index is 0.345. The van der Waals surface area contributed by atoms with Crippen LogP contribution in [0.4, 0.5) is 11.6 Å². The highest BCUT2D eigenvalue weighted by Gasteiger charge is 2.05. The first-order chi connectivity index (χ1) is 6.27. The molecule has 0 radical (unpaired) electrons. The molecule has 13 heavy (non-hydrogen) atoms. The van der Waals surface area contributed by atoms with Crippen LogP contribution in [0.3, 0.4) is 0 Å². The predicted molar refractivity (Wildman–Crippen MR) is 54.2 cm³/mol. The SMILES string of the molecule is Nc1cnc(-c2cccs2)c(N)n1. The molecule has 0 bridgehead atoms. The fraction of sp³-hybridized carbons (Fsp3) is 0. The largest absolute Gasteiger partial charge is 0.382 e. The van der Waals surface area contributed by atoms with Crippen molar-refractivity contribution in [1.29, 1.82) is 0 Å². The molecule has 2 heterocycles. The third kappa shape index (κ3) is 1.46. The highest BCUT2D eigenvalue weighted by Crippen LogP contribution is 2.26. The molecular formula is C8H8N4S. The monoisotopic (exact) mass is 192 g/mol. The lowest BCUT2D eigenvalue weighted by molar-refractivity contribution is 1.23. The van der Waals surface area contributed by atoms with Gasteiger partial charge in [-0.05, 0) is 11.4 Å². The van der Waals surface area contributed by atoms with Crippen molar-refractivity contribution in [2.45, 2.75) is 0 Å². The van der Waals surface area contributed by atoms with E-state index in [4.69, 9.17) is 11.5 Å². The van der Waals surface area contributed by atoms with Crippen molar-refractivity contribution in [1.82, 2.24) is 9.97 Å². The Bertz CT molecular complexity index is 410. The number of aromatic nitrogens is 2. The molecule has 4 N–H and O–H groups in total. The number of nitrogens with zero attached hydrogens (tertiary/aromatic N) is 2. The second-order valence-corrected chi connectivity index (χ2v) is 3.45. The number of thiophene rings is 1. The maximum absolute atomic E-state index is 5.67. The van der Waals surface area contributed by atoms with E-state index in [-0.39, 0.29) is 0 Å². The maximum Gasteiger partial charge on any atom is 0.153 e. The summed E-state index contributed by atoms with van der Waals surface area (Å²) in [6, 6.07) is 3.89. The Morgan fingerprint density at radius 2 is 2.15 bits per heavy atom. The van der Waals surface area contributed by atoms with E-state index in [2.05, 4.69) is 9.97 Å². The molecule has 0 aliphatic rings. The summed E-state index contributed by atoms with van der Waals surface area (Å²) >= 11 is 1.57. The first-order valence-corrected chi connectivity index (χ1v) is 4.57. The third-order valence-electron chi connectivity index (χ3n) is 1.57. The van der Waals surface area contributed by atoms with E-state index < -0.39 is 0 Å². The molecule has 0 unspecified atom stereocenters. The average molecular weight is 192 g/mol. The van der Waals surface area contributed by atoms with Crippen molar-refractivity contribution in [2.24, 2.45) is 0 Å². The van der Waals surface area contributed by atoms with Crippen LogP contribution in [0.15, 0.2) is 23.7 Å². The summed E-state index contributed by atoms with van der Waals surface area (Å²) < 4.78 is 0. The van der Waals surface area contributed by atoms with E-state index in [1.54, 1.807) is 11.3 Å². The quantitative estimate of drug-likeness (QED) is 0.715. The Morgan fingerprint density at radius 3 is 2.77 bits per heavy atom. The number of nitrogen functional groups attached to an aromatic ring is 2. The van der Waals surface area contributed by atoms with Crippen molar-refractivity contribution < 1.29 is 0 Å². The molecule has 2 rings (SSSR count). The Hall–Kier alpha value is -1.62. The van der Waals surface area contributed by atoms with Gasteiger partial charge >= 0.3 is 0 Å². The Morgan fingerprint density at radius 1 is 1.31 bits per heavy atom. The van der Waals surface area contributed by atoms with Crippen LogP contribution < -0.4 is 11.5 Å². The van der Waals surface area contributed by atoms with Crippen LogP contribution in [-0.4, -0.2) is 9.97 Å². The van der Waals surface area contributed by atoms with Gasteiger partial charge in [0.15, 0.2) is 5.82 Å². The Kier molecular flexibility index (Phi) is 1.86. The second-order valence-electron chi connectivity index (χ2n) is 2.51. The lowest BCUT2D eigenvalue weighted by Crippen LogP contribution is -1.99. The summed E-state index contributed by atoms with van der Waals surface area (Å²) in [6.07, 6.45) is 1.51. The molecular weight excluding hydrogens is 184 g/mol. The van der Waals surface area contributed by atoms with E-state index in [0.29, 0.717) is 17.3 Å². The smallest absolute Gasteiger partial charge is 0.153 e. The first-order valence-electron chi connectivity index (χ1n) is 3.69. The van der Waals surface area contributed by atoms with Gasteiger partial charge in [-0.1, -0.05) is 6.07 Å². The summed E-state index contributed by atoms with van der Waals surface area (Å²) in [4.78, 5) is 9.05. The zero-order valence-electron chi connectivity index (χ0n) is 6.77.